The molecule has 146 valence electrons. The maximum Gasteiger partial charge on any atom is 0.316 e. The maximum atomic E-state index is 13.6. The van der Waals surface area contributed by atoms with Crippen molar-refractivity contribution in [3.05, 3.63) is 80.5 Å². The van der Waals surface area contributed by atoms with Crippen molar-refractivity contribution in [2.45, 2.75) is 13.5 Å². The predicted molar refractivity (Wildman–Crippen MR) is 99.9 cm³/mol. The summed E-state index contributed by atoms with van der Waals surface area (Å²) in [5.41, 5.74) is 0.773. The second-order valence-corrected chi connectivity index (χ2v) is 6.43. The van der Waals surface area contributed by atoms with Crippen LogP contribution in [0, 0.1) is 24.4 Å². The first-order valence-electron chi connectivity index (χ1n) is 8.10. The lowest BCUT2D eigenvalue weighted by Crippen LogP contribution is -2.19. The van der Waals surface area contributed by atoms with Crippen LogP contribution in [0.1, 0.15) is 11.1 Å². The van der Waals surface area contributed by atoms with E-state index < -0.39 is 23.0 Å². The Morgan fingerprint density at radius 1 is 1.14 bits per heavy atom. The van der Waals surface area contributed by atoms with Crippen LogP contribution in [0.2, 0.25) is 5.02 Å². The first kappa shape index (κ1) is 19.8. The van der Waals surface area contributed by atoms with Gasteiger partial charge in [-0.1, -0.05) is 17.7 Å². The van der Waals surface area contributed by atoms with Crippen LogP contribution in [0.3, 0.4) is 0 Å². The third-order valence-corrected chi connectivity index (χ3v) is 4.32. The van der Waals surface area contributed by atoms with Gasteiger partial charge in [0.1, 0.15) is 5.82 Å². The van der Waals surface area contributed by atoms with Gasteiger partial charge < -0.3 is 14.6 Å². The molecule has 0 saturated carbocycles. The number of benzene rings is 2. The molecule has 0 fully saturated rings. The minimum atomic E-state index is -0.992. The van der Waals surface area contributed by atoms with Crippen molar-refractivity contribution >= 4 is 23.2 Å². The Hall–Kier alpha value is -3.00. The number of nitrogens with one attached hydrogen (secondary N) is 1. The standard InChI is InChI=1S/C19H15ClF3N3O2/c1-10-5-14(22)12(20)7-16(10)24-19-25-18(27)17(28-2)9-26(19)8-11-3-4-13(21)15(23)6-11/h3-7,9H,8H2,1-2H3,(H,24,25,27). The van der Waals surface area contributed by atoms with E-state index in [4.69, 9.17) is 16.3 Å². The monoisotopic (exact) mass is 409 g/mol. The molecule has 0 saturated heterocycles. The molecule has 0 spiro atoms. The largest absolute Gasteiger partial charge is 0.490 e. The fourth-order valence-corrected chi connectivity index (χ4v) is 2.73. The average Bonchev–Trinajstić information content (AvgIpc) is 2.64. The molecule has 0 aliphatic carbocycles. The van der Waals surface area contributed by atoms with E-state index in [0.717, 1.165) is 12.1 Å². The first-order valence-corrected chi connectivity index (χ1v) is 8.48. The van der Waals surface area contributed by atoms with E-state index in [2.05, 4.69) is 10.3 Å². The number of halogens is 4. The molecule has 1 N–H and O–H groups in total. The van der Waals surface area contributed by atoms with Crippen molar-refractivity contribution in [2.24, 2.45) is 0 Å². The van der Waals surface area contributed by atoms with Crippen molar-refractivity contribution in [2.75, 3.05) is 12.4 Å². The summed E-state index contributed by atoms with van der Waals surface area (Å²) < 4.78 is 46.8. The average molecular weight is 410 g/mol. The minimum Gasteiger partial charge on any atom is -0.490 e. The van der Waals surface area contributed by atoms with Crippen molar-refractivity contribution in [1.29, 1.82) is 0 Å². The molecule has 5 nitrogen and oxygen atoms in total. The molecule has 0 atom stereocenters. The summed E-state index contributed by atoms with van der Waals surface area (Å²) in [6.45, 7) is 1.72. The van der Waals surface area contributed by atoms with Crippen LogP contribution >= 0.6 is 11.6 Å². The summed E-state index contributed by atoms with van der Waals surface area (Å²) in [4.78, 5) is 16.0. The smallest absolute Gasteiger partial charge is 0.316 e. The molecule has 0 aliphatic heterocycles. The lowest BCUT2D eigenvalue weighted by atomic mass is 10.2. The van der Waals surface area contributed by atoms with Crippen LogP contribution in [0.4, 0.5) is 24.8 Å². The van der Waals surface area contributed by atoms with Crippen LogP contribution in [0.15, 0.2) is 41.3 Å². The molecule has 0 radical (unpaired) electrons. The van der Waals surface area contributed by atoms with Gasteiger partial charge in [-0.25, -0.2) is 13.2 Å². The number of hydrogen-bond acceptors (Lipinski definition) is 4. The lowest BCUT2D eigenvalue weighted by molar-refractivity contribution is 0.402. The highest BCUT2D eigenvalue weighted by atomic mass is 35.5. The quantitative estimate of drug-likeness (QED) is 0.677. The highest BCUT2D eigenvalue weighted by Crippen LogP contribution is 2.26. The molecule has 9 heteroatoms. The summed E-state index contributed by atoms with van der Waals surface area (Å²) in [5, 5.41) is 2.82. The Bertz CT molecular complexity index is 1100. The van der Waals surface area contributed by atoms with Crippen LogP contribution in [0.25, 0.3) is 0 Å². The third-order valence-electron chi connectivity index (χ3n) is 4.03. The van der Waals surface area contributed by atoms with Crippen LogP contribution in [0.5, 0.6) is 5.75 Å². The molecule has 3 rings (SSSR count). The summed E-state index contributed by atoms with van der Waals surface area (Å²) in [6, 6.07) is 6.07. The molecule has 0 aliphatic rings. The molecule has 1 aromatic heterocycles. The number of rotatable bonds is 5. The number of aromatic nitrogens is 2. The Morgan fingerprint density at radius 2 is 1.89 bits per heavy atom. The van der Waals surface area contributed by atoms with Gasteiger partial charge in [-0.05, 0) is 42.3 Å². The van der Waals surface area contributed by atoms with Crippen molar-refractivity contribution in [3.63, 3.8) is 0 Å². The van der Waals surface area contributed by atoms with E-state index in [1.165, 1.54) is 36.1 Å². The van der Waals surface area contributed by atoms with Crippen LogP contribution in [-0.2, 0) is 6.54 Å². The van der Waals surface area contributed by atoms with Gasteiger partial charge in [0.15, 0.2) is 11.6 Å². The molecule has 2 aromatic carbocycles. The van der Waals surface area contributed by atoms with E-state index in [9.17, 15) is 18.0 Å². The fraction of sp³-hybridized carbons (Fsp3) is 0.158. The van der Waals surface area contributed by atoms with Crippen molar-refractivity contribution in [3.8, 4) is 5.75 Å². The van der Waals surface area contributed by atoms with Gasteiger partial charge in [0.25, 0.3) is 0 Å². The second kappa shape index (κ2) is 7.93. The van der Waals surface area contributed by atoms with Gasteiger partial charge in [-0.3, -0.25) is 4.79 Å². The molecular formula is C19H15ClF3N3O2. The van der Waals surface area contributed by atoms with E-state index in [0.29, 0.717) is 16.8 Å². The van der Waals surface area contributed by atoms with Crippen molar-refractivity contribution < 1.29 is 17.9 Å². The van der Waals surface area contributed by atoms with Gasteiger partial charge in [0.05, 0.1) is 24.9 Å². The Kier molecular flexibility index (Phi) is 5.60. The van der Waals surface area contributed by atoms with Gasteiger partial charge in [0, 0.05) is 5.69 Å². The van der Waals surface area contributed by atoms with Crippen LogP contribution < -0.4 is 15.6 Å². The van der Waals surface area contributed by atoms with E-state index in [-0.39, 0.29) is 23.3 Å². The Balaban J connectivity index is 2.04. The number of aryl methyl sites for hydroxylation is 1. The molecule has 1 heterocycles. The zero-order valence-corrected chi connectivity index (χ0v) is 15.6. The summed E-state index contributed by atoms with van der Waals surface area (Å²) in [5.74, 6) is -2.46. The summed E-state index contributed by atoms with van der Waals surface area (Å²) >= 11 is 5.83. The van der Waals surface area contributed by atoms with E-state index >= 15 is 0 Å². The molecular weight excluding hydrogens is 395 g/mol. The normalized spacial score (nSPS) is 10.8. The van der Waals surface area contributed by atoms with Gasteiger partial charge >= 0.3 is 5.56 Å². The first-order chi connectivity index (χ1) is 13.3. The predicted octanol–water partition coefficient (Wildman–Crippen LogP) is 4.42. The highest BCUT2D eigenvalue weighted by Gasteiger charge is 2.13. The fourth-order valence-electron chi connectivity index (χ4n) is 2.57. The third kappa shape index (κ3) is 4.12. The molecule has 3 aromatic rings. The van der Waals surface area contributed by atoms with E-state index in [1.807, 2.05) is 0 Å². The molecule has 0 unspecified atom stereocenters. The summed E-state index contributed by atoms with van der Waals surface area (Å²) in [6.07, 6.45) is 1.39. The second-order valence-electron chi connectivity index (χ2n) is 6.02. The minimum absolute atomic E-state index is 0.0259. The SMILES string of the molecule is COc1cn(Cc2ccc(F)c(F)c2)c(Nc2cc(Cl)c(F)cc2C)nc1=O. The van der Waals surface area contributed by atoms with Gasteiger partial charge in [-0.15, -0.1) is 0 Å². The topological polar surface area (TPSA) is 56.1 Å². The Morgan fingerprint density at radius 3 is 2.57 bits per heavy atom. The van der Waals surface area contributed by atoms with Crippen LogP contribution in [-0.4, -0.2) is 16.7 Å². The number of anilines is 2. The number of hydrogen-bond donors (Lipinski definition) is 1. The number of ether oxygens (including phenoxy) is 1. The lowest BCUT2D eigenvalue weighted by Gasteiger charge is -2.17. The summed E-state index contributed by atoms with van der Waals surface area (Å²) in [7, 11) is 1.32. The molecule has 0 amide bonds. The number of methoxy groups -OCH3 is 1. The van der Waals surface area contributed by atoms with E-state index in [1.54, 1.807) is 6.92 Å². The highest BCUT2D eigenvalue weighted by molar-refractivity contribution is 6.31. The molecule has 0 bridgehead atoms. The zero-order chi connectivity index (χ0) is 20.4. The maximum absolute atomic E-state index is 13.6. The zero-order valence-electron chi connectivity index (χ0n) is 14.9. The van der Waals surface area contributed by atoms with Crippen molar-refractivity contribution in [1.82, 2.24) is 9.55 Å². The Labute approximate surface area is 163 Å². The van der Waals surface area contributed by atoms with Gasteiger partial charge in [-0.2, -0.15) is 4.98 Å². The number of nitrogens with zero attached hydrogens (tertiary/aromatic N) is 2. The molecule has 28 heavy (non-hydrogen) atoms. The van der Waals surface area contributed by atoms with Gasteiger partial charge in [0.2, 0.25) is 11.7 Å².